The molecule has 10 heteroatoms. The molecule has 0 spiro atoms. The Kier molecular flexibility index (Phi) is 7.43. The van der Waals surface area contributed by atoms with Crippen LogP contribution in [-0.4, -0.2) is 31.1 Å². The van der Waals surface area contributed by atoms with Crippen LogP contribution in [-0.2, 0) is 26.3 Å². The zero-order valence-corrected chi connectivity index (χ0v) is 17.0. The molecule has 1 heterocycles. The second-order valence-electron chi connectivity index (χ2n) is 5.47. The van der Waals surface area contributed by atoms with Crippen molar-refractivity contribution in [2.24, 2.45) is 0 Å². The number of nitrogens with one attached hydrogen (secondary N) is 1. The van der Waals surface area contributed by atoms with Gasteiger partial charge in [-0.1, -0.05) is 43.7 Å². The molecular weight excluding hydrogens is 440 g/mol. The number of amides is 1. The van der Waals surface area contributed by atoms with Crippen LogP contribution in [0.5, 0.6) is 0 Å². The second-order valence-corrected chi connectivity index (χ2v) is 7.87. The van der Waals surface area contributed by atoms with E-state index in [9.17, 15) is 18.0 Å². The summed E-state index contributed by atoms with van der Waals surface area (Å²) in [7, 11) is -4.39. The van der Waals surface area contributed by atoms with E-state index in [1.807, 2.05) is 6.92 Å². The molecule has 0 aliphatic carbocycles. The molecule has 1 amide bonds. The van der Waals surface area contributed by atoms with Crippen LogP contribution < -0.4 is 4.72 Å². The van der Waals surface area contributed by atoms with Crippen molar-refractivity contribution in [2.45, 2.75) is 26.4 Å². The zero-order valence-electron chi connectivity index (χ0n) is 14.6. The number of aromatic nitrogens is 1. The van der Waals surface area contributed by atoms with E-state index in [0.29, 0.717) is 16.0 Å². The Labute approximate surface area is 165 Å². The second kappa shape index (κ2) is 9.56. The topological polar surface area (TPSA) is 104 Å². The first-order chi connectivity index (χ1) is 12.8. The zero-order chi connectivity index (χ0) is 19.9. The smallest absolute Gasteiger partial charge is 0.422 e. The van der Waals surface area contributed by atoms with Crippen molar-refractivity contribution < 1.29 is 27.5 Å². The van der Waals surface area contributed by atoms with Gasteiger partial charge in [0.05, 0.1) is 11.1 Å². The molecule has 2 aromatic rings. The summed E-state index contributed by atoms with van der Waals surface area (Å²) in [6.45, 7) is 2.00. The third-order valence-electron chi connectivity index (χ3n) is 3.41. The van der Waals surface area contributed by atoms with Gasteiger partial charge in [-0.2, -0.15) is 8.42 Å². The standard InChI is InChI=1S/C17H19BrN2O6S/c1-2-3-11-25-16(21)15-14(18)9-10-20(15)27(23,24)19-17(22)26-12-13-7-5-4-6-8-13/h4-10H,2-3,11-12H2,1H3,(H,19,22). The first-order valence-electron chi connectivity index (χ1n) is 8.13. The molecule has 1 N–H and O–H groups in total. The van der Waals surface area contributed by atoms with Crippen molar-refractivity contribution in [3.8, 4) is 0 Å². The summed E-state index contributed by atoms with van der Waals surface area (Å²) in [6, 6.07) is 10.2. The molecular formula is C17H19BrN2O6S. The van der Waals surface area contributed by atoms with E-state index < -0.39 is 22.3 Å². The van der Waals surface area contributed by atoms with Crippen molar-refractivity contribution in [3.63, 3.8) is 0 Å². The number of hydrogen-bond donors (Lipinski definition) is 1. The molecule has 146 valence electrons. The van der Waals surface area contributed by atoms with Crippen molar-refractivity contribution in [1.82, 2.24) is 8.69 Å². The van der Waals surface area contributed by atoms with E-state index >= 15 is 0 Å². The highest BCUT2D eigenvalue weighted by Gasteiger charge is 2.27. The minimum absolute atomic E-state index is 0.0938. The average Bonchev–Trinajstić information content (AvgIpc) is 3.03. The molecule has 0 aliphatic rings. The van der Waals surface area contributed by atoms with E-state index in [1.165, 1.54) is 6.07 Å². The molecule has 0 bridgehead atoms. The fourth-order valence-corrected chi connectivity index (χ4v) is 3.65. The van der Waals surface area contributed by atoms with E-state index in [4.69, 9.17) is 9.47 Å². The average molecular weight is 459 g/mol. The Morgan fingerprint density at radius 1 is 1.15 bits per heavy atom. The lowest BCUT2D eigenvalue weighted by molar-refractivity contribution is 0.0490. The number of hydrogen-bond acceptors (Lipinski definition) is 6. The predicted molar refractivity (Wildman–Crippen MR) is 101 cm³/mol. The first-order valence-corrected chi connectivity index (χ1v) is 10.4. The molecule has 0 saturated heterocycles. The summed E-state index contributed by atoms with van der Waals surface area (Å²) in [5, 5.41) is 0. The van der Waals surface area contributed by atoms with Gasteiger partial charge in [-0.25, -0.2) is 18.3 Å². The quantitative estimate of drug-likeness (QED) is 0.480. The Morgan fingerprint density at radius 2 is 1.85 bits per heavy atom. The maximum atomic E-state index is 12.4. The third-order valence-corrected chi connectivity index (χ3v) is 5.30. The molecule has 1 aromatic carbocycles. The summed E-state index contributed by atoms with van der Waals surface area (Å²) < 4.78 is 37.5. The summed E-state index contributed by atoms with van der Waals surface area (Å²) >= 11 is 3.12. The highest BCUT2D eigenvalue weighted by molar-refractivity contribution is 9.10. The van der Waals surface area contributed by atoms with Gasteiger partial charge in [0.2, 0.25) is 0 Å². The van der Waals surface area contributed by atoms with Gasteiger partial charge in [-0.05, 0) is 34.0 Å². The number of unbranched alkanes of at least 4 members (excludes halogenated alkanes) is 1. The van der Waals surface area contributed by atoms with Gasteiger partial charge in [0.15, 0.2) is 5.69 Å². The number of ether oxygens (including phenoxy) is 2. The molecule has 0 fully saturated rings. The monoisotopic (exact) mass is 458 g/mol. The fraction of sp³-hybridized carbons (Fsp3) is 0.294. The van der Waals surface area contributed by atoms with Crippen molar-refractivity contribution in [3.05, 3.63) is 58.3 Å². The maximum Gasteiger partial charge on any atom is 0.422 e. The molecule has 27 heavy (non-hydrogen) atoms. The van der Waals surface area contributed by atoms with Gasteiger partial charge in [-0.15, -0.1) is 0 Å². The number of nitrogens with zero attached hydrogens (tertiary/aromatic N) is 1. The molecule has 0 atom stereocenters. The highest BCUT2D eigenvalue weighted by atomic mass is 79.9. The Morgan fingerprint density at radius 3 is 2.52 bits per heavy atom. The lowest BCUT2D eigenvalue weighted by Crippen LogP contribution is -2.36. The minimum atomic E-state index is -4.39. The molecule has 0 unspecified atom stereocenters. The van der Waals surface area contributed by atoms with Gasteiger partial charge < -0.3 is 9.47 Å². The fourth-order valence-electron chi connectivity index (χ4n) is 2.06. The Hall–Kier alpha value is -2.33. The summed E-state index contributed by atoms with van der Waals surface area (Å²) in [5.74, 6) is -0.816. The van der Waals surface area contributed by atoms with Crippen LogP contribution in [0.1, 0.15) is 35.8 Å². The minimum Gasteiger partial charge on any atom is -0.461 e. The molecule has 8 nitrogen and oxygen atoms in total. The SMILES string of the molecule is CCCCOC(=O)c1c(Br)ccn1S(=O)(=O)NC(=O)OCc1ccccc1. The van der Waals surface area contributed by atoms with Crippen LogP contribution in [0.2, 0.25) is 0 Å². The number of esters is 1. The third kappa shape index (κ3) is 5.83. The summed E-state index contributed by atoms with van der Waals surface area (Å²) in [5.41, 5.74) is 0.461. The number of benzene rings is 1. The summed E-state index contributed by atoms with van der Waals surface area (Å²) in [6.07, 6.45) is 1.45. The van der Waals surface area contributed by atoms with Gasteiger partial charge in [0.1, 0.15) is 6.61 Å². The van der Waals surface area contributed by atoms with Crippen LogP contribution in [0.3, 0.4) is 0 Å². The number of rotatable bonds is 8. The van der Waals surface area contributed by atoms with Gasteiger partial charge in [0.25, 0.3) is 0 Å². The van der Waals surface area contributed by atoms with E-state index in [2.05, 4.69) is 15.9 Å². The van der Waals surface area contributed by atoms with Gasteiger partial charge in [-0.3, -0.25) is 0 Å². The van der Waals surface area contributed by atoms with Crippen LogP contribution in [0.4, 0.5) is 4.79 Å². The van der Waals surface area contributed by atoms with Crippen LogP contribution in [0.25, 0.3) is 0 Å². The molecule has 0 radical (unpaired) electrons. The van der Waals surface area contributed by atoms with Gasteiger partial charge in [0, 0.05) is 6.20 Å². The lowest BCUT2D eigenvalue weighted by Gasteiger charge is -2.12. The Bertz CT molecular complexity index is 895. The van der Waals surface area contributed by atoms with E-state index in [1.54, 1.807) is 35.1 Å². The molecule has 2 rings (SSSR count). The number of halogens is 1. The highest BCUT2D eigenvalue weighted by Crippen LogP contribution is 2.21. The maximum absolute atomic E-state index is 12.4. The van der Waals surface area contributed by atoms with Crippen molar-refractivity contribution >= 4 is 38.2 Å². The first kappa shape index (κ1) is 21.0. The normalized spacial score (nSPS) is 11.0. The van der Waals surface area contributed by atoms with Gasteiger partial charge >= 0.3 is 22.3 Å². The molecule has 1 aromatic heterocycles. The lowest BCUT2D eigenvalue weighted by atomic mass is 10.2. The van der Waals surface area contributed by atoms with Crippen LogP contribution in [0.15, 0.2) is 47.1 Å². The molecule has 0 aliphatic heterocycles. The largest absolute Gasteiger partial charge is 0.461 e. The predicted octanol–water partition coefficient (Wildman–Crippen LogP) is 3.23. The van der Waals surface area contributed by atoms with E-state index in [0.717, 1.165) is 12.6 Å². The van der Waals surface area contributed by atoms with Crippen LogP contribution in [0, 0.1) is 0 Å². The van der Waals surface area contributed by atoms with Crippen LogP contribution >= 0.6 is 15.9 Å². The summed E-state index contributed by atoms with van der Waals surface area (Å²) in [4.78, 5) is 24.0. The number of carbonyl (C=O) groups is 2. The molecule has 0 saturated carbocycles. The number of carbonyl (C=O) groups excluding carboxylic acids is 2. The van der Waals surface area contributed by atoms with Crippen molar-refractivity contribution in [2.75, 3.05) is 6.61 Å². The van der Waals surface area contributed by atoms with Crippen molar-refractivity contribution in [1.29, 1.82) is 0 Å². The Balaban J connectivity index is 2.07. The van der Waals surface area contributed by atoms with E-state index in [-0.39, 0.29) is 23.4 Å².